The quantitative estimate of drug-likeness (QED) is 0.562. The summed E-state index contributed by atoms with van der Waals surface area (Å²) in [5.74, 6) is 1.30. The van der Waals surface area contributed by atoms with Crippen LogP contribution in [0.2, 0.25) is 0 Å². The molecule has 0 unspecified atom stereocenters. The van der Waals surface area contributed by atoms with Crippen LogP contribution in [0.25, 0.3) is 10.7 Å². The molecule has 1 fully saturated rings. The normalized spacial score (nSPS) is 14.1. The zero-order valence-corrected chi connectivity index (χ0v) is 18.4. The molecular formula is C23H26N4O3S. The van der Waals surface area contributed by atoms with Crippen molar-refractivity contribution in [2.24, 2.45) is 0 Å². The molecule has 0 spiro atoms. The minimum atomic E-state index is 0.0349. The number of carbonyl (C=O) groups is 2. The van der Waals surface area contributed by atoms with E-state index in [1.54, 1.807) is 11.3 Å². The predicted molar refractivity (Wildman–Crippen MR) is 119 cm³/mol. The standard InChI is InChI=1S/C23H26N4O3S/c1-2-17-8-10-18(11-9-17)23(29)27-14-12-26(13-15-27)21(28)7-3-6-20-24-22(25-30-20)19-5-4-16-31-19/h4-5,8-11,16H,2-3,6-7,12-15H2,1H3. The Morgan fingerprint density at radius 3 is 2.48 bits per heavy atom. The molecule has 162 valence electrons. The van der Waals surface area contributed by atoms with Crippen LogP contribution in [-0.4, -0.2) is 57.9 Å². The molecule has 0 radical (unpaired) electrons. The molecule has 0 atom stereocenters. The summed E-state index contributed by atoms with van der Waals surface area (Å²) in [7, 11) is 0. The van der Waals surface area contributed by atoms with Crippen LogP contribution < -0.4 is 0 Å². The topological polar surface area (TPSA) is 79.5 Å². The number of carbonyl (C=O) groups excluding carboxylic acids is 2. The lowest BCUT2D eigenvalue weighted by atomic mass is 10.1. The number of aromatic nitrogens is 2. The molecule has 1 saturated heterocycles. The average Bonchev–Trinajstić information content (AvgIpc) is 3.51. The fraction of sp³-hybridized carbons (Fsp3) is 0.391. The van der Waals surface area contributed by atoms with Gasteiger partial charge in [0.05, 0.1) is 4.88 Å². The Balaban J connectivity index is 1.21. The molecule has 1 aliphatic rings. The summed E-state index contributed by atoms with van der Waals surface area (Å²) in [4.78, 5) is 34.3. The third kappa shape index (κ3) is 5.19. The molecule has 3 heterocycles. The highest BCUT2D eigenvalue weighted by Crippen LogP contribution is 2.21. The third-order valence-corrected chi connectivity index (χ3v) is 6.39. The average molecular weight is 439 g/mol. The molecule has 0 N–H and O–H groups in total. The predicted octanol–water partition coefficient (Wildman–Crippen LogP) is 3.67. The van der Waals surface area contributed by atoms with Crippen molar-refractivity contribution in [3.05, 3.63) is 58.8 Å². The number of hydrogen-bond acceptors (Lipinski definition) is 6. The number of rotatable bonds is 7. The number of aryl methyl sites for hydroxylation is 2. The molecule has 1 aromatic carbocycles. The van der Waals surface area contributed by atoms with E-state index in [1.165, 1.54) is 5.56 Å². The van der Waals surface area contributed by atoms with Gasteiger partial charge in [-0.25, -0.2) is 0 Å². The summed E-state index contributed by atoms with van der Waals surface area (Å²) in [6, 6.07) is 11.7. The van der Waals surface area contributed by atoms with Crippen LogP contribution in [0.15, 0.2) is 46.3 Å². The van der Waals surface area contributed by atoms with Crippen LogP contribution in [0.5, 0.6) is 0 Å². The summed E-state index contributed by atoms with van der Waals surface area (Å²) < 4.78 is 5.29. The summed E-state index contributed by atoms with van der Waals surface area (Å²) in [5.41, 5.74) is 1.92. The van der Waals surface area contributed by atoms with Gasteiger partial charge in [-0.1, -0.05) is 30.3 Å². The van der Waals surface area contributed by atoms with Crippen molar-refractivity contribution in [1.82, 2.24) is 19.9 Å². The van der Waals surface area contributed by atoms with Crippen LogP contribution in [0, 0.1) is 0 Å². The van der Waals surface area contributed by atoms with Gasteiger partial charge in [0, 0.05) is 44.6 Å². The van der Waals surface area contributed by atoms with Gasteiger partial charge in [-0.3, -0.25) is 9.59 Å². The van der Waals surface area contributed by atoms with Gasteiger partial charge >= 0.3 is 0 Å². The highest BCUT2D eigenvalue weighted by Gasteiger charge is 2.24. The lowest BCUT2D eigenvalue weighted by Crippen LogP contribution is -2.50. The molecule has 0 saturated carbocycles. The molecule has 31 heavy (non-hydrogen) atoms. The molecule has 1 aliphatic heterocycles. The Labute approximate surface area is 185 Å². The van der Waals surface area contributed by atoms with Gasteiger partial charge < -0.3 is 14.3 Å². The lowest BCUT2D eigenvalue weighted by molar-refractivity contribution is -0.132. The van der Waals surface area contributed by atoms with Crippen molar-refractivity contribution >= 4 is 23.2 Å². The Morgan fingerprint density at radius 2 is 1.81 bits per heavy atom. The van der Waals surface area contributed by atoms with E-state index < -0.39 is 0 Å². The van der Waals surface area contributed by atoms with Crippen LogP contribution in [-0.2, 0) is 17.6 Å². The Bertz CT molecular complexity index is 1010. The molecule has 0 bridgehead atoms. The van der Waals surface area contributed by atoms with Crippen molar-refractivity contribution in [3.63, 3.8) is 0 Å². The van der Waals surface area contributed by atoms with Crippen molar-refractivity contribution < 1.29 is 14.1 Å². The monoisotopic (exact) mass is 438 g/mol. The molecule has 8 heteroatoms. The molecule has 2 amide bonds. The largest absolute Gasteiger partial charge is 0.339 e. The van der Waals surface area contributed by atoms with Gasteiger partial charge in [0.2, 0.25) is 17.6 Å². The van der Waals surface area contributed by atoms with Crippen LogP contribution in [0.4, 0.5) is 0 Å². The summed E-state index contributed by atoms with van der Waals surface area (Å²) >= 11 is 1.57. The van der Waals surface area contributed by atoms with E-state index in [-0.39, 0.29) is 11.8 Å². The molecule has 7 nitrogen and oxygen atoms in total. The van der Waals surface area contributed by atoms with E-state index in [2.05, 4.69) is 17.1 Å². The fourth-order valence-corrected chi connectivity index (χ4v) is 4.28. The molecule has 3 aromatic rings. The van der Waals surface area contributed by atoms with Crippen LogP contribution in [0.1, 0.15) is 41.6 Å². The smallest absolute Gasteiger partial charge is 0.253 e. The first-order valence-corrected chi connectivity index (χ1v) is 11.5. The maximum Gasteiger partial charge on any atom is 0.253 e. The molecule has 4 rings (SSSR count). The van der Waals surface area contributed by atoms with E-state index in [9.17, 15) is 9.59 Å². The number of hydrogen-bond donors (Lipinski definition) is 0. The summed E-state index contributed by atoms with van der Waals surface area (Å²) in [6.45, 7) is 4.36. The van der Waals surface area contributed by atoms with Crippen molar-refractivity contribution in [2.45, 2.75) is 32.6 Å². The lowest BCUT2D eigenvalue weighted by Gasteiger charge is -2.35. The van der Waals surface area contributed by atoms with Gasteiger partial charge in [0.25, 0.3) is 5.91 Å². The van der Waals surface area contributed by atoms with Crippen molar-refractivity contribution in [3.8, 4) is 10.7 Å². The maximum atomic E-state index is 12.7. The molecule has 2 aromatic heterocycles. The second-order valence-corrected chi connectivity index (χ2v) is 8.51. The second kappa shape index (κ2) is 9.87. The fourth-order valence-electron chi connectivity index (χ4n) is 3.64. The van der Waals surface area contributed by atoms with Gasteiger partial charge in [-0.2, -0.15) is 4.98 Å². The SMILES string of the molecule is CCc1ccc(C(=O)N2CCN(C(=O)CCCc3nc(-c4cccs4)no3)CC2)cc1. The minimum absolute atomic E-state index is 0.0349. The van der Waals surface area contributed by atoms with Gasteiger partial charge in [0.15, 0.2) is 0 Å². The first kappa shape index (κ1) is 21.2. The maximum absolute atomic E-state index is 12.7. The van der Waals surface area contributed by atoms with Crippen LogP contribution in [0.3, 0.4) is 0 Å². The Morgan fingerprint density at radius 1 is 1.06 bits per heavy atom. The number of thiophene rings is 1. The summed E-state index contributed by atoms with van der Waals surface area (Å²) in [5, 5.41) is 5.97. The number of piperazine rings is 1. The highest BCUT2D eigenvalue weighted by molar-refractivity contribution is 7.13. The van der Waals surface area contributed by atoms with E-state index >= 15 is 0 Å². The number of benzene rings is 1. The first-order chi connectivity index (χ1) is 15.1. The number of nitrogens with zero attached hydrogens (tertiary/aromatic N) is 4. The Hall–Kier alpha value is -3.00. The van der Waals surface area contributed by atoms with Gasteiger partial charge in [0.1, 0.15) is 0 Å². The van der Waals surface area contributed by atoms with Gasteiger partial charge in [-0.05, 0) is 42.0 Å². The van der Waals surface area contributed by atoms with Crippen molar-refractivity contribution in [2.75, 3.05) is 26.2 Å². The third-order valence-electron chi connectivity index (χ3n) is 5.52. The van der Waals surface area contributed by atoms with Crippen LogP contribution >= 0.6 is 11.3 Å². The second-order valence-electron chi connectivity index (χ2n) is 7.57. The van der Waals surface area contributed by atoms with E-state index in [4.69, 9.17) is 4.52 Å². The van der Waals surface area contributed by atoms with E-state index in [0.29, 0.717) is 62.7 Å². The van der Waals surface area contributed by atoms with Gasteiger partial charge in [-0.15, -0.1) is 11.3 Å². The minimum Gasteiger partial charge on any atom is -0.339 e. The summed E-state index contributed by atoms with van der Waals surface area (Å²) in [6.07, 6.45) is 2.63. The number of amides is 2. The highest BCUT2D eigenvalue weighted by atomic mass is 32.1. The van der Waals surface area contributed by atoms with Crippen molar-refractivity contribution in [1.29, 1.82) is 0 Å². The Kier molecular flexibility index (Phi) is 6.76. The zero-order chi connectivity index (χ0) is 21.6. The zero-order valence-electron chi connectivity index (χ0n) is 17.6. The first-order valence-electron chi connectivity index (χ1n) is 10.7. The molecular weight excluding hydrogens is 412 g/mol. The van der Waals surface area contributed by atoms with E-state index in [1.807, 2.05) is 51.6 Å². The van der Waals surface area contributed by atoms with E-state index in [0.717, 1.165) is 11.3 Å². The molecule has 0 aliphatic carbocycles.